The van der Waals surface area contributed by atoms with Gasteiger partial charge in [0, 0.05) is 16.1 Å². The fraction of sp³-hybridized carbons (Fsp3) is 0. The van der Waals surface area contributed by atoms with Gasteiger partial charge in [0.25, 0.3) is 0 Å². The third-order valence-corrected chi connectivity index (χ3v) is 5.54. The molecule has 3 rings (SSSR count). The monoisotopic (exact) mass is 568 g/mol. The minimum absolute atomic E-state index is 0.405. The van der Waals surface area contributed by atoms with Crippen molar-refractivity contribution in [2.75, 3.05) is 0 Å². The van der Waals surface area contributed by atoms with Crippen molar-refractivity contribution in [2.45, 2.75) is 0 Å². The summed E-state index contributed by atoms with van der Waals surface area (Å²) in [5, 5.41) is 0.810. The van der Waals surface area contributed by atoms with Gasteiger partial charge in [-0.25, -0.2) is 0 Å². The van der Waals surface area contributed by atoms with Crippen LogP contribution in [0.3, 0.4) is 0 Å². The molecule has 0 aliphatic carbocycles. The van der Waals surface area contributed by atoms with Gasteiger partial charge in [-0.2, -0.15) is 0 Å². The van der Waals surface area contributed by atoms with Gasteiger partial charge in [0.05, 0.1) is 0 Å². The normalized spacial score (nSPS) is 11.8. The molecule has 3 aromatic rings. The molecule has 2 unspecified atom stereocenters. The molecule has 2 radical (unpaired) electrons. The summed E-state index contributed by atoms with van der Waals surface area (Å²) in [6.45, 7) is 0. The van der Waals surface area contributed by atoms with Gasteiger partial charge >= 0.3 is 58.3 Å². The Morgan fingerprint density at radius 3 is 1.00 bits per heavy atom. The van der Waals surface area contributed by atoms with Crippen molar-refractivity contribution in [3.05, 3.63) is 91.0 Å². The maximum atomic E-state index is 10.3. The Kier molecular flexibility index (Phi) is 11.6. The molecule has 0 aliphatic heterocycles. The van der Waals surface area contributed by atoms with Crippen LogP contribution in [-0.4, -0.2) is 24.7 Å². The fourth-order valence-corrected chi connectivity index (χ4v) is 3.17. The van der Waals surface area contributed by atoms with Crippen molar-refractivity contribution in [3.63, 3.8) is 0 Å². The number of hydrogen-bond acceptors (Lipinski definition) is 4. The van der Waals surface area contributed by atoms with Crippen LogP contribution < -0.4 is 23.7 Å². The van der Waals surface area contributed by atoms with E-state index in [0.29, 0.717) is 10.6 Å². The zero-order valence-electron chi connectivity index (χ0n) is 13.2. The van der Waals surface area contributed by atoms with Gasteiger partial charge in [-0.05, 0) is 10.6 Å². The molecule has 0 saturated carbocycles. The van der Waals surface area contributed by atoms with Gasteiger partial charge in [-0.15, -0.1) is 0 Å². The topological polar surface area (TPSA) is 80.3 Å². The predicted molar refractivity (Wildman–Crippen MR) is 102 cm³/mol. The molecule has 0 amide bonds. The van der Waals surface area contributed by atoms with Crippen molar-refractivity contribution >= 4 is 54.7 Å². The number of benzene rings is 3. The van der Waals surface area contributed by atoms with Crippen molar-refractivity contribution < 1.29 is 18.9 Å². The fourth-order valence-electron chi connectivity index (χ4n) is 1.58. The third kappa shape index (κ3) is 10.5. The summed E-state index contributed by atoms with van der Waals surface area (Å²) in [6.07, 6.45) is 0. The van der Waals surface area contributed by atoms with Crippen molar-refractivity contribution in [1.82, 2.24) is 0 Å². The first kappa shape index (κ1) is 22.0. The molecule has 0 saturated heterocycles. The molecular formula is C18H17BiO4P2. The van der Waals surface area contributed by atoms with Crippen molar-refractivity contribution in [3.8, 4) is 0 Å². The second kappa shape index (κ2) is 13.2. The van der Waals surface area contributed by atoms with Crippen molar-refractivity contribution in [2.24, 2.45) is 0 Å². The molecular weight excluding hydrogens is 551 g/mol. The Morgan fingerprint density at radius 1 is 0.560 bits per heavy atom. The maximum absolute atomic E-state index is 10.3. The molecule has 0 aliphatic rings. The van der Waals surface area contributed by atoms with Gasteiger partial charge in [0.1, 0.15) is 0 Å². The minimum atomic E-state index is -2.71. The molecule has 3 aromatic carbocycles. The zero-order valence-corrected chi connectivity index (χ0v) is 18.7. The Morgan fingerprint density at radius 2 is 0.840 bits per heavy atom. The van der Waals surface area contributed by atoms with E-state index in [-0.39, 0.29) is 0 Å². The van der Waals surface area contributed by atoms with Crippen LogP contribution in [0.1, 0.15) is 0 Å². The van der Waals surface area contributed by atoms with Crippen LogP contribution in [0.5, 0.6) is 0 Å². The Labute approximate surface area is 164 Å². The molecule has 128 valence electrons. The predicted octanol–water partition coefficient (Wildman–Crippen LogP) is 0.774. The molecule has 0 N–H and O–H groups in total. The van der Waals surface area contributed by atoms with Gasteiger partial charge in [-0.3, -0.25) is 0 Å². The third-order valence-electron chi connectivity index (χ3n) is 2.78. The average molecular weight is 568 g/mol. The molecule has 0 aromatic heterocycles. The van der Waals surface area contributed by atoms with Gasteiger partial charge < -0.3 is 18.9 Å². The molecule has 2 atom stereocenters. The van der Waals surface area contributed by atoms with E-state index >= 15 is 0 Å². The summed E-state index contributed by atoms with van der Waals surface area (Å²) in [4.78, 5) is 20.6. The second-order valence-corrected chi connectivity index (χ2v) is 8.95. The number of rotatable bonds is 2. The quantitative estimate of drug-likeness (QED) is 0.338. The molecule has 0 heterocycles. The van der Waals surface area contributed by atoms with E-state index in [2.05, 4.69) is 24.3 Å². The van der Waals surface area contributed by atoms with Crippen LogP contribution in [0.2, 0.25) is 0 Å². The summed E-state index contributed by atoms with van der Waals surface area (Å²) < 4.78 is 22.0. The average Bonchev–Trinajstić information content (AvgIpc) is 2.65. The Balaban J connectivity index is 0.000000189. The zero-order chi connectivity index (χ0) is 18.5. The SMILES string of the molecule is O=[PH]([O-])c1ccccc1.O=[PH]([O-])c1ccccc1.[Bi+2][c]1ccccc1. The summed E-state index contributed by atoms with van der Waals surface area (Å²) in [6, 6.07) is 27.1. The molecule has 25 heavy (non-hydrogen) atoms. The van der Waals surface area contributed by atoms with Crippen LogP contribution in [0.4, 0.5) is 0 Å². The van der Waals surface area contributed by atoms with Crippen LogP contribution in [0.25, 0.3) is 0 Å². The summed E-state index contributed by atoms with van der Waals surface area (Å²) >= 11 is 1.36. The van der Waals surface area contributed by atoms with Gasteiger partial charge in [0.15, 0.2) is 0 Å². The first-order chi connectivity index (χ1) is 12.0. The van der Waals surface area contributed by atoms with E-state index in [9.17, 15) is 18.9 Å². The molecule has 7 heteroatoms. The summed E-state index contributed by atoms with van der Waals surface area (Å²) in [7, 11) is -5.42. The second-order valence-electron chi connectivity index (χ2n) is 4.64. The van der Waals surface area contributed by atoms with Crippen LogP contribution in [0.15, 0.2) is 91.0 Å². The van der Waals surface area contributed by atoms with Crippen LogP contribution in [0, 0.1) is 0 Å². The molecule has 0 fully saturated rings. The Bertz CT molecular complexity index is 719. The van der Waals surface area contributed by atoms with Crippen LogP contribution in [-0.2, 0) is 9.13 Å². The molecule has 0 bridgehead atoms. The summed E-state index contributed by atoms with van der Waals surface area (Å²) in [5.41, 5.74) is 0. The van der Waals surface area contributed by atoms with Crippen LogP contribution >= 0.6 is 16.1 Å². The van der Waals surface area contributed by atoms with Gasteiger partial charge in [-0.1, -0.05) is 60.7 Å². The Hall–Kier alpha value is -1.08. The van der Waals surface area contributed by atoms with E-state index in [1.807, 2.05) is 6.07 Å². The van der Waals surface area contributed by atoms with E-state index in [0.717, 1.165) is 0 Å². The first-order valence-electron chi connectivity index (χ1n) is 7.27. The molecule has 4 nitrogen and oxygen atoms in total. The summed E-state index contributed by atoms with van der Waals surface area (Å²) in [5.74, 6) is 0. The first-order valence-corrected chi connectivity index (χ1v) is 11.6. The standard InChI is InChI=1S/2C6H7O2P.C6H5.Bi/c2*7-9(8)6-4-2-1-3-5-6;1-2-4-6-5-3-1;/h2*1-5,9H,(H,7,8);1-5H;/q;;;+2/p-2. The van der Waals surface area contributed by atoms with E-state index in [1.165, 1.54) is 28.0 Å². The van der Waals surface area contributed by atoms with Gasteiger partial charge in [0.2, 0.25) is 0 Å². The van der Waals surface area contributed by atoms with E-state index < -0.39 is 16.1 Å². The number of hydrogen-bond donors (Lipinski definition) is 0. The van der Waals surface area contributed by atoms with Crippen molar-refractivity contribution in [1.29, 1.82) is 0 Å². The van der Waals surface area contributed by atoms with E-state index in [4.69, 9.17) is 0 Å². The van der Waals surface area contributed by atoms with E-state index in [1.54, 1.807) is 60.7 Å². The molecule has 0 spiro atoms.